The Balaban J connectivity index is 2.83. The Bertz CT molecular complexity index is 328. The van der Waals surface area contributed by atoms with Gasteiger partial charge in [0.15, 0.2) is 0 Å². The Kier molecular flexibility index (Phi) is 3.93. The van der Waals surface area contributed by atoms with Crippen LogP contribution in [0.3, 0.4) is 0 Å². The molecule has 1 aromatic rings. The van der Waals surface area contributed by atoms with E-state index in [1.54, 1.807) is 6.07 Å². The van der Waals surface area contributed by atoms with E-state index in [-0.39, 0.29) is 11.0 Å². The van der Waals surface area contributed by atoms with Crippen molar-refractivity contribution in [3.63, 3.8) is 0 Å². The lowest BCUT2D eigenvalue weighted by molar-refractivity contribution is 0.410. The van der Waals surface area contributed by atoms with E-state index >= 15 is 0 Å². The Labute approximate surface area is 89.5 Å². The minimum atomic E-state index is 0.0428. The molecule has 1 unspecified atom stereocenters. The molecule has 2 nitrogen and oxygen atoms in total. The number of nitrogens with one attached hydrogen (secondary N) is 1. The predicted molar refractivity (Wildman–Crippen MR) is 62.1 cm³/mol. The van der Waals surface area contributed by atoms with Gasteiger partial charge in [0, 0.05) is 16.4 Å². The molecule has 0 saturated heterocycles. The highest BCUT2D eigenvalue weighted by Gasteiger charge is 2.25. The SMILES string of the molecule is CCCCC(C)(CC)c1cc(=O)[nH]s1. The summed E-state index contributed by atoms with van der Waals surface area (Å²) in [7, 11) is 0. The van der Waals surface area contributed by atoms with Gasteiger partial charge in [-0.1, -0.05) is 45.1 Å². The summed E-state index contributed by atoms with van der Waals surface area (Å²) in [4.78, 5) is 12.3. The minimum Gasteiger partial charge on any atom is -0.278 e. The van der Waals surface area contributed by atoms with Crippen LogP contribution in [0.25, 0.3) is 0 Å². The lowest BCUT2D eigenvalue weighted by Crippen LogP contribution is -2.19. The van der Waals surface area contributed by atoms with E-state index in [4.69, 9.17) is 0 Å². The molecule has 1 atom stereocenters. The molecule has 0 fully saturated rings. The first-order chi connectivity index (χ1) is 6.62. The Hall–Kier alpha value is -0.570. The third kappa shape index (κ3) is 2.47. The molecule has 1 N–H and O–H groups in total. The lowest BCUT2D eigenvalue weighted by Gasteiger charge is -2.26. The molecule has 0 saturated carbocycles. The highest BCUT2D eigenvalue weighted by atomic mass is 32.1. The van der Waals surface area contributed by atoms with E-state index in [0.717, 1.165) is 6.42 Å². The molecule has 0 spiro atoms. The maximum atomic E-state index is 11.1. The second-order valence-electron chi connectivity index (χ2n) is 4.09. The standard InChI is InChI=1S/C11H19NOS/c1-4-6-7-11(3,5-2)9-8-10(13)12-14-9/h8H,4-7H2,1-3H3,(H,12,13). The summed E-state index contributed by atoms with van der Waals surface area (Å²) >= 11 is 1.49. The van der Waals surface area contributed by atoms with Crippen LogP contribution in [-0.2, 0) is 5.41 Å². The van der Waals surface area contributed by atoms with E-state index in [1.165, 1.54) is 35.7 Å². The van der Waals surface area contributed by atoms with Gasteiger partial charge in [-0.2, -0.15) is 0 Å². The van der Waals surface area contributed by atoms with Crippen molar-refractivity contribution in [2.45, 2.75) is 51.9 Å². The van der Waals surface area contributed by atoms with Crippen LogP contribution in [0.15, 0.2) is 10.9 Å². The van der Waals surface area contributed by atoms with Crippen LogP contribution in [-0.4, -0.2) is 4.37 Å². The van der Waals surface area contributed by atoms with Crippen LogP contribution in [0.2, 0.25) is 0 Å². The zero-order valence-corrected chi connectivity index (χ0v) is 10.0. The average Bonchev–Trinajstić information content (AvgIpc) is 2.62. The predicted octanol–water partition coefficient (Wildman–Crippen LogP) is 3.29. The number of aromatic nitrogens is 1. The van der Waals surface area contributed by atoms with E-state index < -0.39 is 0 Å². The van der Waals surface area contributed by atoms with E-state index in [0.29, 0.717) is 0 Å². The molecule has 1 aromatic heterocycles. The summed E-state index contributed by atoms with van der Waals surface area (Å²) in [6.07, 6.45) is 4.72. The van der Waals surface area contributed by atoms with Gasteiger partial charge < -0.3 is 0 Å². The summed E-state index contributed by atoms with van der Waals surface area (Å²) in [6.45, 7) is 6.65. The van der Waals surface area contributed by atoms with Crippen molar-refractivity contribution in [2.24, 2.45) is 0 Å². The molecule has 0 aromatic carbocycles. The second kappa shape index (κ2) is 4.78. The van der Waals surface area contributed by atoms with Crippen molar-refractivity contribution in [2.75, 3.05) is 0 Å². The van der Waals surface area contributed by atoms with Gasteiger partial charge in [-0.15, -0.1) is 0 Å². The Morgan fingerprint density at radius 3 is 2.64 bits per heavy atom. The third-order valence-corrected chi connectivity index (χ3v) is 4.11. The third-order valence-electron chi connectivity index (χ3n) is 2.98. The van der Waals surface area contributed by atoms with Crippen LogP contribution in [0.5, 0.6) is 0 Å². The quantitative estimate of drug-likeness (QED) is 0.800. The van der Waals surface area contributed by atoms with Gasteiger partial charge in [-0.25, -0.2) is 0 Å². The molecule has 80 valence electrons. The van der Waals surface area contributed by atoms with Crippen molar-refractivity contribution < 1.29 is 0 Å². The smallest absolute Gasteiger partial charge is 0.258 e. The van der Waals surface area contributed by atoms with Gasteiger partial charge in [0.05, 0.1) is 0 Å². The van der Waals surface area contributed by atoms with Crippen molar-refractivity contribution >= 4 is 11.5 Å². The fourth-order valence-corrected chi connectivity index (χ4v) is 2.55. The Morgan fingerprint density at radius 2 is 2.21 bits per heavy atom. The second-order valence-corrected chi connectivity index (χ2v) is 4.94. The first-order valence-electron chi connectivity index (χ1n) is 5.31. The molecule has 0 aliphatic rings. The normalized spacial score (nSPS) is 15.4. The molecular formula is C11H19NOS. The number of hydrogen-bond donors (Lipinski definition) is 1. The highest BCUT2D eigenvalue weighted by molar-refractivity contribution is 7.05. The largest absolute Gasteiger partial charge is 0.278 e. The molecule has 1 rings (SSSR count). The van der Waals surface area contributed by atoms with E-state index in [2.05, 4.69) is 25.1 Å². The first-order valence-corrected chi connectivity index (χ1v) is 6.13. The van der Waals surface area contributed by atoms with Crippen LogP contribution >= 0.6 is 11.5 Å². The molecule has 0 radical (unpaired) electrons. The molecular weight excluding hydrogens is 194 g/mol. The van der Waals surface area contributed by atoms with E-state index in [1.807, 2.05) is 0 Å². The molecule has 0 aliphatic heterocycles. The first kappa shape index (κ1) is 11.5. The summed E-state index contributed by atoms with van der Waals surface area (Å²) in [5.74, 6) is 0. The molecule has 3 heteroatoms. The molecule has 1 heterocycles. The van der Waals surface area contributed by atoms with Gasteiger partial charge in [0.2, 0.25) is 0 Å². The van der Waals surface area contributed by atoms with Crippen LogP contribution in [0.1, 0.15) is 51.3 Å². The van der Waals surface area contributed by atoms with Gasteiger partial charge in [-0.3, -0.25) is 9.17 Å². The van der Waals surface area contributed by atoms with Gasteiger partial charge in [-0.05, 0) is 12.8 Å². The molecule has 14 heavy (non-hydrogen) atoms. The maximum absolute atomic E-state index is 11.1. The van der Waals surface area contributed by atoms with Crippen LogP contribution < -0.4 is 5.56 Å². The number of rotatable bonds is 5. The fraction of sp³-hybridized carbons (Fsp3) is 0.727. The van der Waals surface area contributed by atoms with Gasteiger partial charge >= 0.3 is 0 Å². The lowest BCUT2D eigenvalue weighted by atomic mass is 9.81. The van der Waals surface area contributed by atoms with Crippen LogP contribution in [0, 0.1) is 0 Å². The maximum Gasteiger partial charge on any atom is 0.258 e. The topological polar surface area (TPSA) is 32.9 Å². The van der Waals surface area contributed by atoms with E-state index in [9.17, 15) is 4.79 Å². The van der Waals surface area contributed by atoms with Crippen molar-refractivity contribution in [1.29, 1.82) is 0 Å². The van der Waals surface area contributed by atoms with Crippen molar-refractivity contribution in [1.82, 2.24) is 4.37 Å². The number of hydrogen-bond acceptors (Lipinski definition) is 2. The molecule has 0 amide bonds. The fourth-order valence-electron chi connectivity index (χ4n) is 1.62. The monoisotopic (exact) mass is 213 g/mol. The summed E-state index contributed by atoms with van der Waals surface area (Å²) in [6, 6.07) is 1.75. The molecule has 0 aliphatic carbocycles. The summed E-state index contributed by atoms with van der Waals surface area (Å²) in [5.41, 5.74) is 0.237. The summed E-state index contributed by atoms with van der Waals surface area (Å²) < 4.78 is 2.77. The van der Waals surface area contributed by atoms with Crippen molar-refractivity contribution in [3.8, 4) is 0 Å². The van der Waals surface area contributed by atoms with Crippen LogP contribution in [0.4, 0.5) is 0 Å². The summed E-state index contributed by atoms with van der Waals surface area (Å²) in [5, 5.41) is 0. The number of aromatic amines is 1. The van der Waals surface area contributed by atoms with Gasteiger partial charge in [0.25, 0.3) is 5.56 Å². The van der Waals surface area contributed by atoms with Crippen molar-refractivity contribution in [3.05, 3.63) is 21.3 Å². The Morgan fingerprint density at radius 1 is 1.50 bits per heavy atom. The minimum absolute atomic E-state index is 0.0428. The number of H-pyrrole nitrogens is 1. The average molecular weight is 213 g/mol. The molecule has 0 bridgehead atoms. The zero-order valence-electron chi connectivity index (χ0n) is 9.22. The van der Waals surface area contributed by atoms with Gasteiger partial charge in [0.1, 0.15) is 0 Å². The zero-order chi connectivity index (χ0) is 10.6. The number of unbranched alkanes of at least 4 members (excludes halogenated alkanes) is 1. The highest BCUT2D eigenvalue weighted by Crippen LogP contribution is 2.33.